The third-order valence-electron chi connectivity index (χ3n) is 2.44. The first kappa shape index (κ1) is 12.5. The fourth-order valence-electron chi connectivity index (χ4n) is 1.54. The number of carbonyl (C=O) groups excluding carboxylic acids is 1. The van der Waals surface area contributed by atoms with E-state index in [0.717, 1.165) is 17.5 Å². The van der Waals surface area contributed by atoms with Crippen molar-refractivity contribution in [2.75, 3.05) is 6.54 Å². The van der Waals surface area contributed by atoms with E-state index in [1.165, 1.54) is 0 Å². The lowest BCUT2D eigenvalue weighted by molar-refractivity contribution is 0.205. The number of carbonyl (C=O) groups is 1. The second-order valence-electron chi connectivity index (χ2n) is 3.78. The summed E-state index contributed by atoms with van der Waals surface area (Å²) in [4.78, 5) is 12.8. The average Bonchev–Trinajstić information content (AvgIpc) is 2.29. The van der Waals surface area contributed by atoms with E-state index in [2.05, 4.69) is 0 Å². The molecule has 4 heteroatoms. The minimum atomic E-state index is -0.371. The molecule has 0 aromatic heterocycles. The van der Waals surface area contributed by atoms with Crippen LogP contribution in [0.5, 0.6) is 0 Å². The fourth-order valence-corrected chi connectivity index (χ4v) is 1.54. The minimum Gasteiger partial charge on any atom is -0.351 e. The first-order valence-corrected chi connectivity index (χ1v) is 5.49. The second-order valence-corrected chi connectivity index (χ2v) is 3.78. The molecule has 4 N–H and O–H groups in total. The Morgan fingerprint density at radius 2 is 1.81 bits per heavy atom. The van der Waals surface area contributed by atoms with Crippen molar-refractivity contribution < 1.29 is 4.79 Å². The molecule has 0 atom stereocenters. The van der Waals surface area contributed by atoms with E-state index in [1.54, 1.807) is 4.90 Å². The quantitative estimate of drug-likeness (QED) is 0.789. The van der Waals surface area contributed by atoms with Crippen molar-refractivity contribution >= 4 is 6.03 Å². The molecule has 0 spiro atoms. The standard InChI is InChI=1S/C12H19N3O/c1-2-7-15(12(14)16)9-11-5-3-10(8-13)4-6-11/h3-6H,2,7-9,13H2,1H3,(H2,14,16). The Morgan fingerprint density at radius 1 is 1.25 bits per heavy atom. The lowest BCUT2D eigenvalue weighted by atomic mass is 10.1. The van der Waals surface area contributed by atoms with Gasteiger partial charge in [0.1, 0.15) is 0 Å². The number of hydrogen-bond donors (Lipinski definition) is 2. The van der Waals surface area contributed by atoms with Crippen LogP contribution in [-0.4, -0.2) is 17.5 Å². The van der Waals surface area contributed by atoms with Gasteiger partial charge in [-0.15, -0.1) is 0 Å². The van der Waals surface area contributed by atoms with Crippen LogP contribution in [0.3, 0.4) is 0 Å². The van der Waals surface area contributed by atoms with Crippen molar-refractivity contribution in [2.45, 2.75) is 26.4 Å². The zero-order chi connectivity index (χ0) is 12.0. The van der Waals surface area contributed by atoms with Gasteiger partial charge in [-0.3, -0.25) is 0 Å². The molecular weight excluding hydrogens is 202 g/mol. The van der Waals surface area contributed by atoms with Gasteiger partial charge in [0, 0.05) is 19.6 Å². The maximum atomic E-state index is 11.1. The Bertz CT molecular complexity index is 335. The van der Waals surface area contributed by atoms with Gasteiger partial charge >= 0.3 is 6.03 Å². The Hall–Kier alpha value is -1.55. The summed E-state index contributed by atoms with van der Waals surface area (Å²) in [5, 5.41) is 0. The molecule has 2 amide bonds. The summed E-state index contributed by atoms with van der Waals surface area (Å²) in [7, 11) is 0. The van der Waals surface area contributed by atoms with Gasteiger partial charge in [-0.1, -0.05) is 31.2 Å². The van der Waals surface area contributed by atoms with Crippen LogP contribution in [0.1, 0.15) is 24.5 Å². The Labute approximate surface area is 96.2 Å². The number of rotatable bonds is 5. The fraction of sp³-hybridized carbons (Fsp3) is 0.417. The number of amides is 2. The molecule has 0 aliphatic rings. The van der Waals surface area contributed by atoms with Gasteiger partial charge in [-0.25, -0.2) is 4.79 Å². The van der Waals surface area contributed by atoms with Crippen LogP contribution in [0.25, 0.3) is 0 Å². The molecule has 16 heavy (non-hydrogen) atoms. The van der Waals surface area contributed by atoms with E-state index in [-0.39, 0.29) is 6.03 Å². The zero-order valence-corrected chi connectivity index (χ0v) is 9.65. The van der Waals surface area contributed by atoms with Gasteiger partial charge in [0.25, 0.3) is 0 Å². The van der Waals surface area contributed by atoms with Crippen molar-refractivity contribution in [3.8, 4) is 0 Å². The van der Waals surface area contributed by atoms with Crippen LogP contribution in [-0.2, 0) is 13.1 Å². The molecule has 0 heterocycles. The molecule has 0 aliphatic heterocycles. The molecule has 0 bridgehead atoms. The average molecular weight is 221 g/mol. The third kappa shape index (κ3) is 3.55. The smallest absolute Gasteiger partial charge is 0.315 e. The SMILES string of the molecule is CCCN(Cc1ccc(CN)cc1)C(N)=O. The predicted molar refractivity (Wildman–Crippen MR) is 64.6 cm³/mol. The van der Waals surface area contributed by atoms with E-state index < -0.39 is 0 Å². The molecule has 88 valence electrons. The first-order valence-electron chi connectivity index (χ1n) is 5.49. The summed E-state index contributed by atoms with van der Waals surface area (Å²) in [5.41, 5.74) is 13.0. The van der Waals surface area contributed by atoms with E-state index in [0.29, 0.717) is 19.6 Å². The summed E-state index contributed by atoms with van der Waals surface area (Å²) in [5.74, 6) is 0. The van der Waals surface area contributed by atoms with Crippen LogP contribution < -0.4 is 11.5 Å². The first-order chi connectivity index (χ1) is 7.67. The van der Waals surface area contributed by atoms with Gasteiger partial charge in [-0.05, 0) is 17.5 Å². The maximum absolute atomic E-state index is 11.1. The van der Waals surface area contributed by atoms with Crippen LogP contribution in [0.4, 0.5) is 4.79 Å². The van der Waals surface area contributed by atoms with Crippen molar-refractivity contribution in [3.05, 3.63) is 35.4 Å². The molecule has 0 aliphatic carbocycles. The second kappa shape index (κ2) is 6.12. The molecule has 0 saturated carbocycles. The Balaban J connectivity index is 2.65. The summed E-state index contributed by atoms with van der Waals surface area (Å²) in [6.07, 6.45) is 0.907. The highest BCUT2D eigenvalue weighted by molar-refractivity contribution is 5.71. The number of nitrogens with two attached hydrogens (primary N) is 2. The molecule has 1 aromatic carbocycles. The summed E-state index contributed by atoms with van der Waals surface area (Å²) < 4.78 is 0. The summed E-state index contributed by atoms with van der Waals surface area (Å²) in [6, 6.07) is 7.53. The molecule has 4 nitrogen and oxygen atoms in total. The van der Waals surface area contributed by atoms with Crippen LogP contribution >= 0.6 is 0 Å². The topological polar surface area (TPSA) is 72.3 Å². The number of nitrogens with zero attached hydrogens (tertiary/aromatic N) is 1. The summed E-state index contributed by atoms with van der Waals surface area (Å²) in [6.45, 7) is 3.81. The van der Waals surface area contributed by atoms with Crippen LogP contribution in [0.15, 0.2) is 24.3 Å². The highest BCUT2D eigenvalue weighted by atomic mass is 16.2. The van der Waals surface area contributed by atoms with Crippen molar-refractivity contribution in [2.24, 2.45) is 11.5 Å². The van der Waals surface area contributed by atoms with Gasteiger partial charge in [0.2, 0.25) is 0 Å². The largest absolute Gasteiger partial charge is 0.351 e. The van der Waals surface area contributed by atoms with Crippen LogP contribution in [0.2, 0.25) is 0 Å². The van der Waals surface area contributed by atoms with E-state index in [9.17, 15) is 4.79 Å². The van der Waals surface area contributed by atoms with E-state index >= 15 is 0 Å². The molecular formula is C12H19N3O. The van der Waals surface area contributed by atoms with Gasteiger partial charge < -0.3 is 16.4 Å². The van der Waals surface area contributed by atoms with Crippen molar-refractivity contribution in [3.63, 3.8) is 0 Å². The van der Waals surface area contributed by atoms with Crippen molar-refractivity contribution in [1.29, 1.82) is 0 Å². The lowest BCUT2D eigenvalue weighted by Gasteiger charge is -2.19. The van der Waals surface area contributed by atoms with Gasteiger partial charge in [0.15, 0.2) is 0 Å². The lowest BCUT2D eigenvalue weighted by Crippen LogP contribution is -2.35. The molecule has 0 unspecified atom stereocenters. The highest BCUT2D eigenvalue weighted by Crippen LogP contribution is 2.07. The molecule has 0 saturated heterocycles. The third-order valence-corrected chi connectivity index (χ3v) is 2.44. The Kier molecular flexibility index (Phi) is 4.79. The molecule has 1 rings (SSSR count). The van der Waals surface area contributed by atoms with E-state index in [1.807, 2.05) is 31.2 Å². The monoisotopic (exact) mass is 221 g/mol. The number of primary amides is 1. The van der Waals surface area contributed by atoms with Crippen molar-refractivity contribution in [1.82, 2.24) is 4.90 Å². The molecule has 0 radical (unpaired) electrons. The highest BCUT2D eigenvalue weighted by Gasteiger charge is 2.08. The van der Waals surface area contributed by atoms with Crippen LogP contribution in [0, 0.1) is 0 Å². The zero-order valence-electron chi connectivity index (χ0n) is 9.65. The number of benzene rings is 1. The molecule has 1 aromatic rings. The minimum absolute atomic E-state index is 0.371. The maximum Gasteiger partial charge on any atom is 0.315 e. The molecule has 0 fully saturated rings. The van der Waals surface area contributed by atoms with Gasteiger partial charge in [-0.2, -0.15) is 0 Å². The predicted octanol–water partition coefficient (Wildman–Crippen LogP) is 1.44. The normalized spacial score (nSPS) is 10.1. The number of hydrogen-bond acceptors (Lipinski definition) is 2. The summed E-state index contributed by atoms with van der Waals surface area (Å²) >= 11 is 0. The van der Waals surface area contributed by atoms with E-state index in [4.69, 9.17) is 11.5 Å². The number of urea groups is 1. The Morgan fingerprint density at radius 3 is 2.25 bits per heavy atom. The van der Waals surface area contributed by atoms with Gasteiger partial charge in [0.05, 0.1) is 0 Å².